The van der Waals surface area contributed by atoms with Gasteiger partial charge in [0.2, 0.25) is 5.91 Å². The molecule has 2 aromatic heterocycles. The van der Waals surface area contributed by atoms with E-state index in [1.165, 1.54) is 0 Å². The maximum absolute atomic E-state index is 12.8. The number of pyridine rings is 1. The molecule has 2 N–H and O–H groups in total. The van der Waals surface area contributed by atoms with E-state index in [9.17, 15) is 4.79 Å². The molecule has 3 heterocycles. The third kappa shape index (κ3) is 2.82. The summed E-state index contributed by atoms with van der Waals surface area (Å²) >= 11 is 0. The SMILES string of the molecule is CN(C)c1nc(-c2ccccn2)nc2c1CCN(C(=O)C1(N)CCC1)C2. The Morgan fingerprint density at radius 1 is 1.27 bits per heavy atom. The molecule has 2 aliphatic rings. The van der Waals surface area contributed by atoms with Crippen LogP contribution in [0.1, 0.15) is 30.5 Å². The molecule has 1 saturated carbocycles. The van der Waals surface area contributed by atoms with E-state index in [2.05, 4.69) is 4.98 Å². The summed E-state index contributed by atoms with van der Waals surface area (Å²) in [6.07, 6.45) is 5.07. The Labute approximate surface area is 153 Å². The highest BCUT2D eigenvalue weighted by molar-refractivity contribution is 5.87. The van der Waals surface area contributed by atoms with Gasteiger partial charge in [0.25, 0.3) is 0 Å². The van der Waals surface area contributed by atoms with Crippen molar-refractivity contribution >= 4 is 11.7 Å². The molecule has 0 bridgehead atoms. The normalized spacial score (nSPS) is 18.0. The molecule has 0 spiro atoms. The molecule has 0 saturated heterocycles. The Hall–Kier alpha value is -2.54. The number of nitrogens with two attached hydrogens (primary N) is 1. The highest BCUT2D eigenvalue weighted by atomic mass is 16.2. The van der Waals surface area contributed by atoms with Crippen molar-refractivity contribution in [3.63, 3.8) is 0 Å². The molecule has 0 aromatic carbocycles. The van der Waals surface area contributed by atoms with Crippen LogP contribution in [0.4, 0.5) is 5.82 Å². The number of hydrogen-bond acceptors (Lipinski definition) is 6. The van der Waals surface area contributed by atoms with Gasteiger partial charge >= 0.3 is 0 Å². The van der Waals surface area contributed by atoms with Crippen LogP contribution >= 0.6 is 0 Å². The van der Waals surface area contributed by atoms with Crippen molar-refractivity contribution in [3.05, 3.63) is 35.7 Å². The van der Waals surface area contributed by atoms with E-state index < -0.39 is 5.54 Å². The number of fused-ring (bicyclic) bond motifs is 1. The zero-order valence-corrected chi connectivity index (χ0v) is 15.3. The van der Waals surface area contributed by atoms with Crippen LogP contribution in [0.5, 0.6) is 0 Å². The molecule has 0 atom stereocenters. The van der Waals surface area contributed by atoms with Crippen LogP contribution in [0.15, 0.2) is 24.4 Å². The van der Waals surface area contributed by atoms with Crippen molar-refractivity contribution < 1.29 is 4.79 Å². The van der Waals surface area contributed by atoms with Gasteiger partial charge in [0.15, 0.2) is 5.82 Å². The first kappa shape index (κ1) is 16.9. The maximum atomic E-state index is 12.8. The molecular formula is C19H24N6O. The zero-order chi connectivity index (χ0) is 18.3. The van der Waals surface area contributed by atoms with Crippen molar-refractivity contribution in [1.82, 2.24) is 19.9 Å². The summed E-state index contributed by atoms with van der Waals surface area (Å²) in [4.78, 5) is 30.5. The van der Waals surface area contributed by atoms with E-state index in [-0.39, 0.29) is 5.91 Å². The van der Waals surface area contributed by atoms with Crippen molar-refractivity contribution in [2.75, 3.05) is 25.5 Å². The Kier molecular flexibility index (Phi) is 4.11. The van der Waals surface area contributed by atoms with Crippen LogP contribution in [-0.4, -0.2) is 51.9 Å². The fourth-order valence-electron chi connectivity index (χ4n) is 3.65. The van der Waals surface area contributed by atoms with Crippen LogP contribution in [-0.2, 0) is 17.8 Å². The largest absolute Gasteiger partial charge is 0.362 e. The second-order valence-electron chi connectivity index (χ2n) is 7.39. The van der Waals surface area contributed by atoms with Gasteiger partial charge in [0.1, 0.15) is 11.5 Å². The van der Waals surface area contributed by atoms with Crippen LogP contribution in [0.2, 0.25) is 0 Å². The number of carbonyl (C=O) groups excluding carboxylic acids is 1. The van der Waals surface area contributed by atoms with Gasteiger partial charge in [-0.05, 0) is 37.8 Å². The number of nitrogens with zero attached hydrogens (tertiary/aromatic N) is 5. The summed E-state index contributed by atoms with van der Waals surface area (Å²) in [5, 5.41) is 0. The van der Waals surface area contributed by atoms with Gasteiger partial charge in [-0.2, -0.15) is 0 Å². The lowest BCUT2D eigenvalue weighted by Gasteiger charge is -2.41. The molecule has 1 fully saturated rings. The third-order valence-electron chi connectivity index (χ3n) is 5.32. The lowest BCUT2D eigenvalue weighted by molar-refractivity contribution is -0.141. The van der Waals surface area contributed by atoms with E-state index in [1.807, 2.05) is 42.1 Å². The van der Waals surface area contributed by atoms with Gasteiger partial charge in [-0.25, -0.2) is 9.97 Å². The minimum atomic E-state index is -0.668. The number of rotatable bonds is 3. The fraction of sp³-hybridized carbons (Fsp3) is 0.474. The van der Waals surface area contributed by atoms with Crippen LogP contribution in [0.3, 0.4) is 0 Å². The predicted molar refractivity (Wildman–Crippen MR) is 99.5 cm³/mol. The monoisotopic (exact) mass is 352 g/mol. The van der Waals surface area contributed by atoms with Gasteiger partial charge in [0, 0.05) is 32.4 Å². The molecule has 136 valence electrons. The molecule has 4 rings (SSSR count). The van der Waals surface area contributed by atoms with Crippen molar-refractivity contribution in [1.29, 1.82) is 0 Å². The average Bonchev–Trinajstić information content (AvgIpc) is 2.64. The summed E-state index contributed by atoms with van der Waals surface area (Å²) in [5.74, 6) is 1.54. The topological polar surface area (TPSA) is 88.2 Å². The molecule has 0 unspecified atom stereocenters. The molecule has 1 aliphatic carbocycles. The van der Waals surface area contributed by atoms with E-state index in [1.54, 1.807) is 6.20 Å². The first-order valence-corrected chi connectivity index (χ1v) is 9.05. The Balaban J connectivity index is 1.70. The highest BCUT2D eigenvalue weighted by Gasteiger charge is 2.43. The molecule has 7 nitrogen and oxygen atoms in total. The van der Waals surface area contributed by atoms with Gasteiger partial charge in [0.05, 0.1) is 17.8 Å². The molecule has 0 radical (unpaired) electrons. The molecule has 1 aliphatic heterocycles. The van der Waals surface area contributed by atoms with E-state index in [0.717, 1.165) is 48.5 Å². The fourth-order valence-corrected chi connectivity index (χ4v) is 3.65. The smallest absolute Gasteiger partial charge is 0.243 e. The Morgan fingerprint density at radius 2 is 2.08 bits per heavy atom. The average molecular weight is 352 g/mol. The predicted octanol–water partition coefficient (Wildman–Crippen LogP) is 1.37. The Morgan fingerprint density at radius 3 is 2.69 bits per heavy atom. The van der Waals surface area contributed by atoms with Gasteiger partial charge in [-0.15, -0.1) is 0 Å². The second-order valence-corrected chi connectivity index (χ2v) is 7.39. The van der Waals surface area contributed by atoms with Gasteiger partial charge in [-0.3, -0.25) is 9.78 Å². The Bertz CT molecular complexity index is 831. The quantitative estimate of drug-likeness (QED) is 0.898. The second kappa shape index (κ2) is 6.32. The van der Waals surface area contributed by atoms with E-state index in [4.69, 9.17) is 15.7 Å². The van der Waals surface area contributed by atoms with Crippen molar-refractivity contribution in [3.8, 4) is 11.5 Å². The van der Waals surface area contributed by atoms with Crippen molar-refractivity contribution in [2.24, 2.45) is 5.73 Å². The molecule has 2 aromatic rings. The number of carbonyl (C=O) groups is 1. The summed E-state index contributed by atoms with van der Waals surface area (Å²) in [6.45, 7) is 1.15. The standard InChI is InChI=1S/C19H24N6O/c1-24(2)17-13-7-11-25(18(26)19(20)8-5-9-19)12-15(13)22-16(23-17)14-6-3-4-10-21-14/h3-4,6,10H,5,7-9,11-12,20H2,1-2H3. The first-order chi connectivity index (χ1) is 12.5. The number of amides is 1. The highest BCUT2D eigenvalue weighted by Crippen LogP contribution is 2.34. The molecule has 7 heteroatoms. The summed E-state index contributed by atoms with van der Waals surface area (Å²) < 4.78 is 0. The van der Waals surface area contributed by atoms with Crippen LogP contribution < -0.4 is 10.6 Å². The molecular weight excluding hydrogens is 328 g/mol. The number of anilines is 1. The lowest BCUT2D eigenvalue weighted by atomic mass is 9.76. The van der Waals surface area contributed by atoms with E-state index in [0.29, 0.717) is 18.9 Å². The van der Waals surface area contributed by atoms with E-state index >= 15 is 0 Å². The molecule has 26 heavy (non-hydrogen) atoms. The van der Waals surface area contributed by atoms with Crippen molar-refractivity contribution in [2.45, 2.75) is 37.8 Å². The zero-order valence-electron chi connectivity index (χ0n) is 15.3. The molecule has 1 amide bonds. The lowest BCUT2D eigenvalue weighted by Crippen LogP contribution is -2.60. The first-order valence-electron chi connectivity index (χ1n) is 9.05. The maximum Gasteiger partial charge on any atom is 0.243 e. The van der Waals surface area contributed by atoms with Crippen LogP contribution in [0.25, 0.3) is 11.5 Å². The van der Waals surface area contributed by atoms with Gasteiger partial charge in [-0.1, -0.05) is 6.07 Å². The van der Waals surface area contributed by atoms with Gasteiger partial charge < -0.3 is 15.5 Å². The number of hydrogen-bond donors (Lipinski definition) is 1. The minimum absolute atomic E-state index is 0.0544. The summed E-state index contributed by atoms with van der Waals surface area (Å²) in [5.41, 5.74) is 8.32. The summed E-state index contributed by atoms with van der Waals surface area (Å²) in [6, 6.07) is 5.69. The van der Waals surface area contributed by atoms with Crippen LogP contribution in [0, 0.1) is 0 Å². The third-order valence-corrected chi connectivity index (χ3v) is 5.32. The minimum Gasteiger partial charge on any atom is -0.362 e. The number of aromatic nitrogens is 3. The summed E-state index contributed by atoms with van der Waals surface area (Å²) in [7, 11) is 3.96.